The third kappa shape index (κ3) is 3.04. The predicted octanol–water partition coefficient (Wildman–Crippen LogP) is 3.67. The van der Waals surface area contributed by atoms with Crippen molar-refractivity contribution in [3.63, 3.8) is 0 Å². The van der Waals surface area contributed by atoms with Gasteiger partial charge in [-0.15, -0.1) is 0 Å². The highest BCUT2D eigenvalue weighted by Gasteiger charge is 2.02. The van der Waals surface area contributed by atoms with E-state index in [4.69, 9.17) is 4.74 Å². The van der Waals surface area contributed by atoms with E-state index in [1.54, 1.807) is 43.3 Å². The van der Waals surface area contributed by atoms with Crippen LogP contribution in [0.1, 0.15) is 18.6 Å². The summed E-state index contributed by atoms with van der Waals surface area (Å²) in [6.07, 6.45) is -0.502. The highest BCUT2D eigenvalue weighted by Crippen LogP contribution is 2.23. The third-order valence-corrected chi connectivity index (χ3v) is 2.39. The Hall–Kier alpha value is -1.87. The quantitative estimate of drug-likeness (QED) is 0.874. The molecule has 0 fully saturated rings. The molecule has 17 heavy (non-hydrogen) atoms. The zero-order valence-electron chi connectivity index (χ0n) is 9.43. The van der Waals surface area contributed by atoms with Crippen LogP contribution in [0.3, 0.4) is 0 Å². The van der Waals surface area contributed by atoms with Crippen LogP contribution in [0, 0.1) is 5.82 Å². The largest absolute Gasteiger partial charge is 0.457 e. The van der Waals surface area contributed by atoms with Crippen LogP contribution in [0.2, 0.25) is 0 Å². The van der Waals surface area contributed by atoms with Crippen LogP contribution in [0.15, 0.2) is 48.5 Å². The third-order valence-electron chi connectivity index (χ3n) is 2.39. The van der Waals surface area contributed by atoms with Gasteiger partial charge in [0.2, 0.25) is 0 Å². The number of ether oxygens (including phenoxy) is 1. The van der Waals surface area contributed by atoms with Gasteiger partial charge in [0.25, 0.3) is 0 Å². The molecule has 0 bridgehead atoms. The Morgan fingerprint density at radius 2 is 1.76 bits per heavy atom. The van der Waals surface area contributed by atoms with Gasteiger partial charge in [-0.3, -0.25) is 0 Å². The van der Waals surface area contributed by atoms with Crippen molar-refractivity contribution in [2.75, 3.05) is 0 Å². The minimum atomic E-state index is -0.502. The lowest BCUT2D eigenvalue weighted by molar-refractivity contribution is 0.199. The molecule has 3 heteroatoms. The van der Waals surface area contributed by atoms with Gasteiger partial charge in [0.05, 0.1) is 6.10 Å². The van der Waals surface area contributed by atoms with E-state index < -0.39 is 6.10 Å². The highest BCUT2D eigenvalue weighted by molar-refractivity contribution is 5.33. The summed E-state index contributed by atoms with van der Waals surface area (Å²) in [6.45, 7) is 1.70. The maximum atomic E-state index is 12.9. The lowest BCUT2D eigenvalue weighted by atomic mass is 10.1. The number of aliphatic hydroxyl groups is 1. The fraction of sp³-hybridized carbons (Fsp3) is 0.143. The van der Waals surface area contributed by atoms with Crippen LogP contribution in [-0.4, -0.2) is 5.11 Å². The summed E-state index contributed by atoms with van der Waals surface area (Å²) in [5, 5.41) is 9.35. The molecule has 2 aromatic rings. The minimum Gasteiger partial charge on any atom is -0.457 e. The van der Waals surface area contributed by atoms with Gasteiger partial charge >= 0.3 is 0 Å². The summed E-state index contributed by atoms with van der Waals surface area (Å²) < 4.78 is 18.4. The fourth-order valence-corrected chi connectivity index (χ4v) is 1.48. The molecule has 0 saturated heterocycles. The van der Waals surface area contributed by atoms with E-state index in [2.05, 4.69) is 0 Å². The van der Waals surface area contributed by atoms with E-state index in [1.165, 1.54) is 12.1 Å². The molecular weight excluding hydrogens is 219 g/mol. The Bertz CT molecular complexity index is 492. The molecule has 2 nitrogen and oxygen atoms in total. The second-order valence-electron chi connectivity index (χ2n) is 3.80. The number of hydrogen-bond acceptors (Lipinski definition) is 2. The monoisotopic (exact) mass is 232 g/mol. The summed E-state index contributed by atoms with van der Waals surface area (Å²) >= 11 is 0. The number of rotatable bonds is 3. The molecule has 0 amide bonds. The van der Waals surface area contributed by atoms with Crippen LogP contribution < -0.4 is 4.74 Å². The van der Waals surface area contributed by atoms with Crippen molar-refractivity contribution < 1.29 is 14.2 Å². The Kier molecular flexibility index (Phi) is 3.40. The van der Waals surface area contributed by atoms with Gasteiger partial charge in [0.15, 0.2) is 0 Å². The second-order valence-corrected chi connectivity index (χ2v) is 3.80. The SMILES string of the molecule is CC(O)c1ccc(Oc2cccc(F)c2)cc1. The number of aliphatic hydroxyl groups excluding tert-OH is 1. The van der Waals surface area contributed by atoms with Crippen molar-refractivity contribution in [2.45, 2.75) is 13.0 Å². The molecule has 88 valence electrons. The topological polar surface area (TPSA) is 29.5 Å². The minimum absolute atomic E-state index is 0.330. The Morgan fingerprint density at radius 3 is 2.35 bits per heavy atom. The average Bonchev–Trinajstić information content (AvgIpc) is 2.29. The molecule has 1 atom stereocenters. The Labute approximate surface area is 99.3 Å². The van der Waals surface area contributed by atoms with Crippen molar-refractivity contribution in [2.24, 2.45) is 0 Å². The van der Waals surface area contributed by atoms with Crippen molar-refractivity contribution in [3.8, 4) is 11.5 Å². The van der Waals surface area contributed by atoms with Gasteiger partial charge < -0.3 is 9.84 Å². The van der Waals surface area contributed by atoms with Crippen LogP contribution in [0.5, 0.6) is 11.5 Å². The fourth-order valence-electron chi connectivity index (χ4n) is 1.48. The van der Waals surface area contributed by atoms with E-state index in [-0.39, 0.29) is 5.82 Å². The van der Waals surface area contributed by atoms with Crippen molar-refractivity contribution in [1.29, 1.82) is 0 Å². The van der Waals surface area contributed by atoms with Crippen molar-refractivity contribution in [3.05, 3.63) is 59.9 Å². The first-order valence-corrected chi connectivity index (χ1v) is 5.36. The van der Waals surface area contributed by atoms with E-state index in [9.17, 15) is 9.50 Å². The van der Waals surface area contributed by atoms with Gasteiger partial charge in [0, 0.05) is 6.07 Å². The number of hydrogen-bond donors (Lipinski definition) is 1. The molecule has 1 unspecified atom stereocenters. The lowest BCUT2D eigenvalue weighted by Gasteiger charge is -2.08. The van der Waals surface area contributed by atoms with Crippen molar-refractivity contribution in [1.82, 2.24) is 0 Å². The molecule has 0 radical (unpaired) electrons. The number of benzene rings is 2. The lowest BCUT2D eigenvalue weighted by Crippen LogP contribution is -1.91. The zero-order valence-corrected chi connectivity index (χ0v) is 9.43. The molecule has 0 aliphatic carbocycles. The highest BCUT2D eigenvalue weighted by atomic mass is 19.1. The molecule has 2 rings (SSSR count). The molecule has 0 spiro atoms. The zero-order chi connectivity index (χ0) is 12.3. The smallest absolute Gasteiger partial charge is 0.130 e. The first kappa shape index (κ1) is 11.6. The molecule has 0 saturated carbocycles. The van der Waals surface area contributed by atoms with Gasteiger partial charge in [-0.25, -0.2) is 4.39 Å². The Balaban J connectivity index is 2.14. The molecular formula is C14H13FO2. The maximum Gasteiger partial charge on any atom is 0.130 e. The summed E-state index contributed by atoms with van der Waals surface area (Å²) in [4.78, 5) is 0. The first-order valence-electron chi connectivity index (χ1n) is 5.36. The standard InChI is InChI=1S/C14H13FO2/c1-10(16)11-5-7-13(8-6-11)17-14-4-2-3-12(15)9-14/h2-10,16H,1H3. The summed E-state index contributed by atoms with van der Waals surface area (Å²) in [7, 11) is 0. The van der Waals surface area contributed by atoms with E-state index in [1.807, 2.05) is 0 Å². The molecule has 0 aliphatic heterocycles. The summed E-state index contributed by atoms with van der Waals surface area (Å²) in [6, 6.07) is 13.0. The Morgan fingerprint density at radius 1 is 1.06 bits per heavy atom. The van der Waals surface area contributed by atoms with Gasteiger partial charge in [0.1, 0.15) is 17.3 Å². The van der Waals surface area contributed by atoms with Crippen LogP contribution in [-0.2, 0) is 0 Å². The number of halogens is 1. The van der Waals surface area contributed by atoms with Crippen LogP contribution >= 0.6 is 0 Å². The van der Waals surface area contributed by atoms with Crippen LogP contribution in [0.25, 0.3) is 0 Å². The van der Waals surface area contributed by atoms with Gasteiger partial charge in [-0.2, -0.15) is 0 Å². The van der Waals surface area contributed by atoms with E-state index in [0.29, 0.717) is 11.5 Å². The first-order chi connectivity index (χ1) is 8.15. The van der Waals surface area contributed by atoms with Gasteiger partial charge in [-0.1, -0.05) is 18.2 Å². The second kappa shape index (κ2) is 4.97. The van der Waals surface area contributed by atoms with E-state index in [0.717, 1.165) is 5.56 Å². The van der Waals surface area contributed by atoms with E-state index >= 15 is 0 Å². The maximum absolute atomic E-state index is 12.9. The molecule has 0 aliphatic rings. The summed E-state index contributed by atoms with van der Waals surface area (Å²) in [5.74, 6) is 0.734. The van der Waals surface area contributed by atoms with Crippen molar-refractivity contribution >= 4 is 0 Å². The van der Waals surface area contributed by atoms with Crippen LogP contribution in [0.4, 0.5) is 4.39 Å². The average molecular weight is 232 g/mol. The summed E-state index contributed by atoms with van der Waals surface area (Å²) in [5.41, 5.74) is 0.816. The molecule has 0 aromatic heterocycles. The molecule has 1 N–H and O–H groups in total. The molecule has 2 aromatic carbocycles. The predicted molar refractivity (Wildman–Crippen MR) is 63.5 cm³/mol. The molecule has 0 heterocycles. The normalized spacial score (nSPS) is 12.2. The van der Waals surface area contributed by atoms with Gasteiger partial charge in [-0.05, 0) is 36.8 Å².